The zero-order chi connectivity index (χ0) is 14.8. The lowest BCUT2D eigenvalue weighted by Gasteiger charge is -2.00. The summed E-state index contributed by atoms with van der Waals surface area (Å²) in [6.45, 7) is 0. The molecule has 0 atom stereocenters. The number of aromatic nitrogens is 2. The van der Waals surface area contributed by atoms with Gasteiger partial charge in [-0.1, -0.05) is 24.3 Å². The Bertz CT molecular complexity index is 814. The maximum Gasteiger partial charge on any atom is 0.336 e. The maximum absolute atomic E-state index is 11.2. The van der Waals surface area contributed by atoms with Crippen molar-refractivity contribution in [2.45, 2.75) is 0 Å². The van der Waals surface area contributed by atoms with Crippen molar-refractivity contribution in [2.24, 2.45) is 0 Å². The van der Waals surface area contributed by atoms with Gasteiger partial charge in [-0.15, -0.1) is 10.2 Å². The molecule has 0 saturated heterocycles. The average molecular weight is 392 g/mol. The summed E-state index contributed by atoms with van der Waals surface area (Å²) in [4.78, 5) is 11.2. The van der Waals surface area contributed by atoms with E-state index < -0.39 is 5.97 Å². The Morgan fingerprint density at radius 2 is 1.52 bits per heavy atom. The third-order valence-electron chi connectivity index (χ3n) is 2.92. The highest BCUT2D eigenvalue weighted by Gasteiger charge is 2.17. The van der Waals surface area contributed by atoms with E-state index in [4.69, 9.17) is 4.42 Å². The van der Waals surface area contributed by atoms with E-state index in [0.717, 1.165) is 9.13 Å². The molecule has 5 nitrogen and oxygen atoms in total. The number of nitrogens with zero attached hydrogens (tertiary/aromatic N) is 2. The van der Waals surface area contributed by atoms with Crippen molar-refractivity contribution in [1.29, 1.82) is 0 Å². The van der Waals surface area contributed by atoms with Crippen LogP contribution in [0, 0.1) is 3.57 Å². The fraction of sp³-hybridized carbons (Fsp3) is 0. The average Bonchev–Trinajstić information content (AvgIpc) is 2.97. The predicted octanol–water partition coefficient (Wildman–Crippen LogP) is 3.71. The molecule has 0 unspecified atom stereocenters. The fourth-order valence-corrected chi connectivity index (χ4v) is 2.55. The van der Waals surface area contributed by atoms with Gasteiger partial charge in [0.2, 0.25) is 11.8 Å². The standard InChI is InChI=1S/C15H9IN2O3/c16-12-8-4-3-7-11(12)14-18-17-13(21-14)9-5-1-2-6-10(9)15(19)20/h1-8H,(H,19,20). The molecular formula is C15H9IN2O3. The van der Waals surface area contributed by atoms with Gasteiger partial charge in [0.15, 0.2) is 0 Å². The van der Waals surface area contributed by atoms with Crippen LogP contribution >= 0.6 is 22.6 Å². The lowest BCUT2D eigenvalue weighted by molar-refractivity contribution is 0.0697. The largest absolute Gasteiger partial charge is 0.478 e. The van der Waals surface area contributed by atoms with Gasteiger partial charge < -0.3 is 9.52 Å². The highest BCUT2D eigenvalue weighted by molar-refractivity contribution is 14.1. The minimum Gasteiger partial charge on any atom is -0.478 e. The second kappa shape index (κ2) is 5.65. The number of carbonyl (C=O) groups is 1. The number of rotatable bonds is 3. The van der Waals surface area contributed by atoms with Crippen LogP contribution in [0.4, 0.5) is 0 Å². The number of hydrogen-bond donors (Lipinski definition) is 1. The summed E-state index contributed by atoms with van der Waals surface area (Å²) in [5.74, 6) is -0.461. The summed E-state index contributed by atoms with van der Waals surface area (Å²) in [5.41, 5.74) is 1.37. The third kappa shape index (κ3) is 2.66. The quantitative estimate of drug-likeness (QED) is 0.688. The molecule has 0 bridgehead atoms. The molecule has 6 heteroatoms. The molecule has 3 rings (SSSR count). The molecule has 0 fully saturated rings. The molecule has 1 heterocycles. The summed E-state index contributed by atoms with van der Waals surface area (Å²) < 4.78 is 6.62. The fourth-order valence-electron chi connectivity index (χ4n) is 1.93. The Morgan fingerprint density at radius 1 is 0.952 bits per heavy atom. The molecule has 2 aromatic carbocycles. The molecule has 104 valence electrons. The van der Waals surface area contributed by atoms with Gasteiger partial charge in [-0.3, -0.25) is 0 Å². The molecule has 0 saturated carbocycles. The molecular weight excluding hydrogens is 383 g/mol. The molecule has 0 spiro atoms. The van der Waals surface area contributed by atoms with Crippen molar-refractivity contribution < 1.29 is 14.3 Å². The Balaban J connectivity index is 2.08. The number of aromatic carboxylic acids is 1. The Hall–Kier alpha value is -2.22. The van der Waals surface area contributed by atoms with Crippen LogP contribution in [0.15, 0.2) is 52.9 Å². The van der Waals surface area contributed by atoms with Gasteiger partial charge in [0.25, 0.3) is 0 Å². The summed E-state index contributed by atoms with van der Waals surface area (Å²) in [7, 11) is 0. The molecule has 0 amide bonds. The van der Waals surface area contributed by atoms with Crippen LogP contribution in [0.2, 0.25) is 0 Å². The van der Waals surface area contributed by atoms with Gasteiger partial charge in [0, 0.05) is 3.57 Å². The molecule has 1 aromatic heterocycles. The zero-order valence-corrected chi connectivity index (χ0v) is 12.8. The molecule has 1 N–H and O–H groups in total. The van der Waals surface area contributed by atoms with Crippen molar-refractivity contribution in [1.82, 2.24) is 10.2 Å². The lowest BCUT2D eigenvalue weighted by Crippen LogP contribution is -1.98. The molecule has 0 radical (unpaired) electrons. The van der Waals surface area contributed by atoms with Crippen LogP contribution in [0.1, 0.15) is 10.4 Å². The number of carboxylic acids is 1. The molecule has 3 aromatic rings. The van der Waals surface area contributed by atoms with Crippen LogP contribution in [-0.4, -0.2) is 21.3 Å². The molecule has 21 heavy (non-hydrogen) atoms. The van der Waals surface area contributed by atoms with Gasteiger partial charge >= 0.3 is 5.97 Å². The van der Waals surface area contributed by atoms with E-state index >= 15 is 0 Å². The highest BCUT2D eigenvalue weighted by atomic mass is 127. The van der Waals surface area contributed by atoms with Crippen molar-refractivity contribution in [2.75, 3.05) is 0 Å². The van der Waals surface area contributed by atoms with Gasteiger partial charge in [-0.25, -0.2) is 4.79 Å². The SMILES string of the molecule is O=C(O)c1ccccc1-c1nnc(-c2ccccc2I)o1. The second-order valence-corrected chi connectivity index (χ2v) is 5.41. The van der Waals surface area contributed by atoms with Gasteiger partial charge in [-0.05, 0) is 46.9 Å². The van der Waals surface area contributed by atoms with E-state index in [-0.39, 0.29) is 11.5 Å². The summed E-state index contributed by atoms with van der Waals surface area (Å²) in [6, 6.07) is 14.2. The number of benzene rings is 2. The normalized spacial score (nSPS) is 10.5. The van der Waals surface area contributed by atoms with E-state index in [0.29, 0.717) is 11.5 Å². The number of carboxylic acid groups (broad SMARTS) is 1. The van der Waals surface area contributed by atoms with Gasteiger partial charge in [0.1, 0.15) is 0 Å². The first-order valence-electron chi connectivity index (χ1n) is 6.08. The third-order valence-corrected chi connectivity index (χ3v) is 3.86. The van der Waals surface area contributed by atoms with E-state index in [1.165, 1.54) is 6.07 Å². The molecule has 0 aliphatic rings. The number of hydrogen-bond acceptors (Lipinski definition) is 4. The van der Waals surface area contributed by atoms with E-state index in [1.807, 2.05) is 24.3 Å². The van der Waals surface area contributed by atoms with Gasteiger partial charge in [-0.2, -0.15) is 0 Å². The van der Waals surface area contributed by atoms with Gasteiger partial charge in [0.05, 0.1) is 16.7 Å². The second-order valence-electron chi connectivity index (χ2n) is 4.24. The molecule has 0 aliphatic carbocycles. The highest BCUT2D eigenvalue weighted by Crippen LogP contribution is 2.28. The predicted molar refractivity (Wildman–Crippen MR) is 84.8 cm³/mol. The van der Waals surface area contributed by atoms with Crippen LogP contribution in [0.25, 0.3) is 22.9 Å². The van der Waals surface area contributed by atoms with Crippen LogP contribution in [-0.2, 0) is 0 Å². The Morgan fingerprint density at radius 3 is 2.19 bits per heavy atom. The first-order chi connectivity index (χ1) is 10.2. The van der Waals surface area contributed by atoms with Crippen molar-refractivity contribution in [3.05, 3.63) is 57.7 Å². The van der Waals surface area contributed by atoms with Crippen LogP contribution in [0.3, 0.4) is 0 Å². The smallest absolute Gasteiger partial charge is 0.336 e. The van der Waals surface area contributed by atoms with E-state index in [9.17, 15) is 9.90 Å². The first-order valence-corrected chi connectivity index (χ1v) is 7.16. The summed E-state index contributed by atoms with van der Waals surface area (Å²) >= 11 is 2.18. The Labute approximate surface area is 133 Å². The summed E-state index contributed by atoms with van der Waals surface area (Å²) in [6.07, 6.45) is 0. The van der Waals surface area contributed by atoms with Crippen LogP contribution < -0.4 is 0 Å². The maximum atomic E-state index is 11.2. The minimum absolute atomic E-state index is 0.135. The minimum atomic E-state index is -1.03. The lowest BCUT2D eigenvalue weighted by atomic mass is 10.1. The monoisotopic (exact) mass is 392 g/mol. The molecule has 0 aliphatic heterocycles. The van der Waals surface area contributed by atoms with E-state index in [2.05, 4.69) is 32.8 Å². The summed E-state index contributed by atoms with van der Waals surface area (Å²) in [5, 5.41) is 17.2. The zero-order valence-electron chi connectivity index (χ0n) is 10.7. The van der Waals surface area contributed by atoms with E-state index in [1.54, 1.807) is 18.2 Å². The first kappa shape index (κ1) is 13.7. The van der Waals surface area contributed by atoms with Crippen molar-refractivity contribution in [3.8, 4) is 22.9 Å². The Kier molecular flexibility index (Phi) is 3.70. The van der Waals surface area contributed by atoms with Crippen molar-refractivity contribution >= 4 is 28.6 Å². The topological polar surface area (TPSA) is 76.2 Å². The van der Waals surface area contributed by atoms with Crippen molar-refractivity contribution in [3.63, 3.8) is 0 Å². The number of halogens is 1. The van der Waals surface area contributed by atoms with Crippen LogP contribution in [0.5, 0.6) is 0 Å².